The number of rotatable bonds is 4. The second kappa shape index (κ2) is 8.83. The van der Waals surface area contributed by atoms with Gasteiger partial charge in [-0.3, -0.25) is 9.59 Å². The standard InChI is InChI=1S/C22H25N3O4.ClH/c1-28-16-10-15(11-17(12-16)29-2)25-13-14(9-21(25)26)22(27)24-8-4-5-18-19(23)6-3-7-20(18)24;/h3,6-7,10-12,14H,4-5,8-9,13,23H2,1-2H3;1H. The minimum Gasteiger partial charge on any atom is -0.497 e. The van der Waals surface area contributed by atoms with E-state index in [0.717, 1.165) is 24.1 Å². The number of methoxy groups -OCH3 is 2. The normalized spacial score (nSPS) is 17.9. The van der Waals surface area contributed by atoms with Crippen LogP contribution in [0.2, 0.25) is 0 Å². The van der Waals surface area contributed by atoms with Gasteiger partial charge >= 0.3 is 0 Å². The van der Waals surface area contributed by atoms with Crippen molar-refractivity contribution in [2.75, 3.05) is 42.8 Å². The van der Waals surface area contributed by atoms with Crippen LogP contribution in [0.5, 0.6) is 11.5 Å². The molecule has 1 atom stereocenters. The van der Waals surface area contributed by atoms with Crippen LogP contribution >= 0.6 is 12.4 Å². The zero-order chi connectivity index (χ0) is 20.5. The first-order valence-electron chi connectivity index (χ1n) is 9.74. The van der Waals surface area contributed by atoms with Crippen molar-refractivity contribution in [3.8, 4) is 11.5 Å². The summed E-state index contributed by atoms with van der Waals surface area (Å²) < 4.78 is 10.6. The van der Waals surface area contributed by atoms with Gasteiger partial charge in [0, 0.05) is 49.1 Å². The third-order valence-corrected chi connectivity index (χ3v) is 5.68. The predicted molar refractivity (Wildman–Crippen MR) is 119 cm³/mol. The first kappa shape index (κ1) is 21.8. The van der Waals surface area contributed by atoms with Crippen molar-refractivity contribution >= 4 is 41.3 Å². The summed E-state index contributed by atoms with van der Waals surface area (Å²) in [5.41, 5.74) is 9.38. The number of carbonyl (C=O) groups is 2. The molecule has 4 rings (SSSR count). The van der Waals surface area contributed by atoms with Gasteiger partial charge in [0.2, 0.25) is 11.8 Å². The Labute approximate surface area is 182 Å². The molecular formula is C22H26ClN3O4. The Morgan fingerprint density at radius 1 is 1.13 bits per heavy atom. The highest BCUT2D eigenvalue weighted by Gasteiger charge is 2.39. The number of amides is 2. The molecule has 0 spiro atoms. The van der Waals surface area contributed by atoms with Crippen molar-refractivity contribution < 1.29 is 19.1 Å². The Morgan fingerprint density at radius 2 is 1.83 bits per heavy atom. The van der Waals surface area contributed by atoms with E-state index in [1.807, 2.05) is 18.2 Å². The first-order chi connectivity index (χ1) is 14.0. The maximum Gasteiger partial charge on any atom is 0.232 e. The number of halogens is 1. The van der Waals surface area contributed by atoms with Gasteiger partial charge in [-0.15, -0.1) is 12.4 Å². The third kappa shape index (κ3) is 3.89. The highest BCUT2D eigenvalue weighted by molar-refractivity contribution is 6.05. The van der Waals surface area contributed by atoms with E-state index in [1.165, 1.54) is 0 Å². The maximum absolute atomic E-state index is 13.3. The molecule has 2 aromatic carbocycles. The van der Waals surface area contributed by atoms with E-state index in [0.29, 0.717) is 36.0 Å². The summed E-state index contributed by atoms with van der Waals surface area (Å²) >= 11 is 0. The Bertz CT molecular complexity index is 943. The predicted octanol–water partition coefficient (Wildman–Crippen LogP) is 3.04. The molecule has 2 aliphatic heterocycles. The molecule has 160 valence electrons. The molecule has 2 aliphatic rings. The van der Waals surface area contributed by atoms with Crippen LogP contribution in [0.25, 0.3) is 0 Å². The maximum atomic E-state index is 13.3. The summed E-state index contributed by atoms with van der Waals surface area (Å²) in [6, 6.07) is 11.0. The van der Waals surface area contributed by atoms with E-state index >= 15 is 0 Å². The molecule has 0 aromatic heterocycles. The highest BCUT2D eigenvalue weighted by atomic mass is 35.5. The van der Waals surface area contributed by atoms with E-state index in [4.69, 9.17) is 15.2 Å². The van der Waals surface area contributed by atoms with Gasteiger partial charge in [-0.25, -0.2) is 0 Å². The molecule has 1 unspecified atom stereocenters. The van der Waals surface area contributed by atoms with Crippen LogP contribution in [0.4, 0.5) is 17.1 Å². The summed E-state index contributed by atoms with van der Waals surface area (Å²) in [6.07, 6.45) is 1.92. The first-order valence-corrected chi connectivity index (χ1v) is 9.74. The van der Waals surface area contributed by atoms with Gasteiger partial charge in [-0.1, -0.05) is 6.07 Å². The largest absolute Gasteiger partial charge is 0.497 e. The van der Waals surface area contributed by atoms with E-state index in [-0.39, 0.29) is 30.6 Å². The summed E-state index contributed by atoms with van der Waals surface area (Å²) in [4.78, 5) is 29.5. The second-order valence-corrected chi connectivity index (χ2v) is 7.41. The summed E-state index contributed by atoms with van der Waals surface area (Å²) in [7, 11) is 3.13. The molecule has 30 heavy (non-hydrogen) atoms. The number of hydrogen-bond acceptors (Lipinski definition) is 5. The Hall–Kier alpha value is -2.93. The molecule has 1 saturated heterocycles. The average molecular weight is 432 g/mol. The van der Waals surface area contributed by atoms with E-state index < -0.39 is 5.92 Å². The van der Waals surface area contributed by atoms with Crippen molar-refractivity contribution in [3.05, 3.63) is 42.0 Å². The molecule has 1 fully saturated rings. The van der Waals surface area contributed by atoms with Crippen molar-refractivity contribution in [1.29, 1.82) is 0 Å². The molecule has 0 aliphatic carbocycles. The Balaban J connectivity index is 0.00000256. The smallest absolute Gasteiger partial charge is 0.232 e. The van der Waals surface area contributed by atoms with E-state index in [2.05, 4.69) is 0 Å². The number of hydrogen-bond donors (Lipinski definition) is 1. The van der Waals surface area contributed by atoms with Crippen molar-refractivity contribution in [1.82, 2.24) is 0 Å². The van der Waals surface area contributed by atoms with Crippen molar-refractivity contribution in [2.24, 2.45) is 5.92 Å². The van der Waals surface area contributed by atoms with Crippen LogP contribution in [0.1, 0.15) is 18.4 Å². The molecule has 8 heteroatoms. The lowest BCUT2D eigenvalue weighted by Crippen LogP contribution is -2.40. The summed E-state index contributed by atoms with van der Waals surface area (Å²) in [6.45, 7) is 0.981. The molecular weight excluding hydrogens is 406 g/mol. The second-order valence-electron chi connectivity index (χ2n) is 7.41. The number of carbonyl (C=O) groups excluding carboxylic acids is 2. The minimum atomic E-state index is -0.396. The summed E-state index contributed by atoms with van der Waals surface area (Å²) in [5.74, 6) is 0.697. The molecule has 2 heterocycles. The summed E-state index contributed by atoms with van der Waals surface area (Å²) in [5, 5.41) is 0. The third-order valence-electron chi connectivity index (χ3n) is 5.68. The monoisotopic (exact) mass is 431 g/mol. The van der Waals surface area contributed by atoms with Gasteiger partial charge in [-0.2, -0.15) is 0 Å². The molecule has 2 amide bonds. The molecule has 7 nitrogen and oxygen atoms in total. The van der Waals surface area contributed by atoms with E-state index in [9.17, 15) is 9.59 Å². The van der Waals surface area contributed by atoms with Gasteiger partial charge in [0.05, 0.1) is 25.8 Å². The lowest BCUT2D eigenvalue weighted by Gasteiger charge is -2.32. The SMILES string of the molecule is COc1cc(OC)cc(N2CC(C(=O)N3CCCc4c(N)cccc43)CC2=O)c1.Cl. The van der Waals surface area contributed by atoms with Crippen LogP contribution < -0.4 is 25.0 Å². The van der Waals surface area contributed by atoms with Gasteiger partial charge in [0.1, 0.15) is 11.5 Å². The number of anilines is 3. The zero-order valence-corrected chi connectivity index (χ0v) is 17.9. The van der Waals surface area contributed by atoms with Crippen molar-refractivity contribution in [2.45, 2.75) is 19.3 Å². The Morgan fingerprint density at radius 3 is 2.50 bits per heavy atom. The molecule has 0 saturated carbocycles. The molecule has 2 N–H and O–H groups in total. The lowest BCUT2D eigenvalue weighted by molar-refractivity contribution is -0.124. The number of ether oxygens (including phenoxy) is 2. The van der Waals surface area contributed by atoms with Gasteiger partial charge in [0.15, 0.2) is 0 Å². The number of nitrogen functional groups attached to an aromatic ring is 1. The molecule has 0 bridgehead atoms. The molecule has 0 radical (unpaired) electrons. The fourth-order valence-corrected chi connectivity index (χ4v) is 4.17. The highest BCUT2D eigenvalue weighted by Crippen LogP contribution is 2.36. The van der Waals surface area contributed by atoms with Gasteiger partial charge in [0.25, 0.3) is 0 Å². The number of nitrogens with two attached hydrogens (primary N) is 1. The molecule has 2 aromatic rings. The number of benzene rings is 2. The minimum absolute atomic E-state index is 0. The quantitative estimate of drug-likeness (QED) is 0.752. The topological polar surface area (TPSA) is 85.1 Å². The average Bonchev–Trinajstić information content (AvgIpc) is 3.14. The fraction of sp³-hybridized carbons (Fsp3) is 0.364. The zero-order valence-electron chi connectivity index (χ0n) is 17.1. The number of fused-ring (bicyclic) bond motifs is 1. The van der Waals surface area contributed by atoms with Crippen LogP contribution in [-0.2, 0) is 16.0 Å². The van der Waals surface area contributed by atoms with Crippen LogP contribution in [0.15, 0.2) is 36.4 Å². The fourth-order valence-electron chi connectivity index (χ4n) is 4.17. The van der Waals surface area contributed by atoms with Crippen molar-refractivity contribution in [3.63, 3.8) is 0 Å². The lowest BCUT2D eigenvalue weighted by atomic mass is 9.97. The van der Waals surface area contributed by atoms with Gasteiger partial charge in [-0.05, 0) is 30.5 Å². The van der Waals surface area contributed by atoms with Crippen LogP contribution in [0, 0.1) is 5.92 Å². The number of nitrogens with zero attached hydrogens (tertiary/aromatic N) is 2. The van der Waals surface area contributed by atoms with E-state index in [1.54, 1.807) is 42.2 Å². The van der Waals surface area contributed by atoms with Crippen LogP contribution in [-0.4, -0.2) is 39.1 Å². The van der Waals surface area contributed by atoms with Gasteiger partial charge < -0.3 is 25.0 Å². The van der Waals surface area contributed by atoms with Crippen LogP contribution in [0.3, 0.4) is 0 Å². The Kier molecular flexibility index (Phi) is 6.41.